The number of nitrogens with one attached hydrogen (secondary N) is 1. The second-order valence-electron chi connectivity index (χ2n) is 3.93. The fourth-order valence-corrected chi connectivity index (χ4v) is 2.30. The number of nitrogens with zero attached hydrogens (tertiary/aromatic N) is 2. The predicted molar refractivity (Wildman–Crippen MR) is 73.5 cm³/mol. The van der Waals surface area contributed by atoms with Crippen molar-refractivity contribution in [1.29, 1.82) is 0 Å². The zero-order valence-electron chi connectivity index (χ0n) is 10.5. The molecule has 0 fully saturated rings. The van der Waals surface area contributed by atoms with Gasteiger partial charge >= 0.3 is 0 Å². The molecule has 3 nitrogen and oxygen atoms in total. The number of halogens is 2. The van der Waals surface area contributed by atoms with Crippen LogP contribution in [0.25, 0.3) is 0 Å². The van der Waals surface area contributed by atoms with Crippen LogP contribution in [0.5, 0.6) is 0 Å². The van der Waals surface area contributed by atoms with Gasteiger partial charge in [-0.3, -0.25) is 4.68 Å². The summed E-state index contributed by atoms with van der Waals surface area (Å²) in [5.74, 6) is -2.41. The van der Waals surface area contributed by atoms with Gasteiger partial charge in [-0.25, -0.2) is 0 Å². The Morgan fingerprint density at radius 1 is 1.37 bits per heavy atom. The molecule has 6 heteroatoms. The number of thioether (sulfide) groups is 1. The van der Waals surface area contributed by atoms with Crippen molar-refractivity contribution in [3.8, 4) is 0 Å². The second-order valence-corrected chi connectivity index (χ2v) is 4.96. The first-order valence-electron chi connectivity index (χ1n) is 5.98. The summed E-state index contributed by atoms with van der Waals surface area (Å²) in [7, 11) is 0. The predicted octanol–water partition coefficient (Wildman–Crippen LogP) is 3.83. The minimum atomic E-state index is -2.41. The van der Waals surface area contributed by atoms with Gasteiger partial charge in [0.15, 0.2) is 0 Å². The van der Waals surface area contributed by atoms with E-state index in [0.29, 0.717) is 23.2 Å². The third-order valence-corrected chi connectivity index (χ3v) is 3.38. The lowest BCUT2D eigenvalue weighted by Gasteiger charge is -2.10. The molecule has 19 heavy (non-hydrogen) atoms. The highest BCUT2D eigenvalue weighted by molar-refractivity contribution is 7.99. The van der Waals surface area contributed by atoms with Crippen LogP contribution >= 0.6 is 11.8 Å². The van der Waals surface area contributed by atoms with E-state index in [9.17, 15) is 8.78 Å². The Kier molecular flexibility index (Phi) is 4.79. The topological polar surface area (TPSA) is 29.9 Å². The van der Waals surface area contributed by atoms with E-state index in [-0.39, 0.29) is 0 Å². The molecule has 0 spiro atoms. The minimum absolute atomic E-state index is 0.553. The molecule has 0 atom stereocenters. The Bertz CT molecular complexity index is 528. The number of anilines is 1. The van der Waals surface area contributed by atoms with E-state index in [4.69, 9.17) is 0 Å². The van der Waals surface area contributed by atoms with Gasteiger partial charge in [0.05, 0.1) is 6.20 Å². The van der Waals surface area contributed by atoms with E-state index in [1.807, 2.05) is 23.9 Å². The van der Waals surface area contributed by atoms with Gasteiger partial charge in [0, 0.05) is 35.4 Å². The molecule has 0 bridgehead atoms. The van der Waals surface area contributed by atoms with Crippen molar-refractivity contribution in [2.24, 2.45) is 0 Å². The van der Waals surface area contributed by atoms with Crippen molar-refractivity contribution in [3.05, 3.63) is 42.2 Å². The number of rotatable bonds is 6. The molecule has 0 saturated heterocycles. The van der Waals surface area contributed by atoms with E-state index >= 15 is 0 Å². The first-order chi connectivity index (χ1) is 9.19. The van der Waals surface area contributed by atoms with Gasteiger partial charge in [-0.1, -0.05) is 23.9 Å². The summed E-state index contributed by atoms with van der Waals surface area (Å²) in [4.78, 5) is 0.556. The van der Waals surface area contributed by atoms with Crippen LogP contribution < -0.4 is 5.32 Å². The highest BCUT2D eigenvalue weighted by atomic mass is 32.2. The fraction of sp³-hybridized carbons (Fsp3) is 0.308. The van der Waals surface area contributed by atoms with Crippen LogP contribution in [0.15, 0.2) is 41.6 Å². The average molecular weight is 283 g/mol. The number of para-hydroxylation sites is 1. The summed E-state index contributed by atoms with van der Waals surface area (Å²) in [5.41, 5.74) is 1.75. The van der Waals surface area contributed by atoms with Crippen molar-refractivity contribution in [1.82, 2.24) is 9.78 Å². The van der Waals surface area contributed by atoms with Gasteiger partial charge in [-0.2, -0.15) is 13.9 Å². The van der Waals surface area contributed by atoms with Crippen molar-refractivity contribution in [3.63, 3.8) is 0 Å². The van der Waals surface area contributed by atoms with E-state index in [1.165, 1.54) is 0 Å². The standard InChI is InChI=1S/C13H15F2N3S/c1-2-18-9-10(8-17-18)7-16-11-5-3-4-6-12(11)19-13(14)15/h3-6,8-9,13,16H,2,7H2,1H3. The van der Waals surface area contributed by atoms with Crippen LogP contribution in [0.1, 0.15) is 12.5 Å². The van der Waals surface area contributed by atoms with Gasteiger partial charge in [0.2, 0.25) is 0 Å². The number of hydrogen-bond acceptors (Lipinski definition) is 3. The molecule has 0 aliphatic rings. The first kappa shape index (κ1) is 13.9. The molecule has 0 saturated carbocycles. The van der Waals surface area contributed by atoms with Crippen LogP contribution in [-0.4, -0.2) is 15.5 Å². The molecule has 0 radical (unpaired) electrons. The highest BCUT2D eigenvalue weighted by Crippen LogP contribution is 2.31. The highest BCUT2D eigenvalue weighted by Gasteiger charge is 2.09. The van der Waals surface area contributed by atoms with E-state index in [0.717, 1.165) is 17.8 Å². The van der Waals surface area contributed by atoms with Gasteiger partial charge in [-0.05, 0) is 19.1 Å². The third kappa shape index (κ3) is 3.96. The summed E-state index contributed by atoms with van der Waals surface area (Å²) in [6, 6.07) is 7.07. The number of hydrogen-bond donors (Lipinski definition) is 1. The SMILES string of the molecule is CCn1cc(CNc2ccccc2SC(F)F)cn1. The molecule has 0 unspecified atom stereocenters. The Balaban J connectivity index is 2.02. The molecule has 1 aromatic heterocycles. The monoisotopic (exact) mass is 283 g/mol. The Labute approximate surface area is 115 Å². The normalized spacial score (nSPS) is 10.9. The zero-order chi connectivity index (χ0) is 13.7. The summed E-state index contributed by atoms with van der Waals surface area (Å²) >= 11 is 0.553. The lowest BCUT2D eigenvalue weighted by Crippen LogP contribution is -2.00. The minimum Gasteiger partial charge on any atom is -0.380 e. The van der Waals surface area contributed by atoms with Crippen LogP contribution in [-0.2, 0) is 13.1 Å². The number of aromatic nitrogens is 2. The molecule has 0 aliphatic carbocycles. The number of alkyl halides is 2. The summed E-state index contributed by atoms with van der Waals surface area (Å²) < 4.78 is 26.7. The van der Waals surface area contributed by atoms with Gasteiger partial charge in [0.1, 0.15) is 0 Å². The lowest BCUT2D eigenvalue weighted by atomic mass is 10.3. The van der Waals surface area contributed by atoms with Gasteiger partial charge in [-0.15, -0.1) is 0 Å². The Morgan fingerprint density at radius 3 is 2.84 bits per heavy atom. The van der Waals surface area contributed by atoms with Gasteiger partial charge < -0.3 is 5.32 Å². The first-order valence-corrected chi connectivity index (χ1v) is 6.86. The summed E-state index contributed by atoms with van der Waals surface area (Å²) in [5, 5.41) is 7.33. The summed E-state index contributed by atoms with van der Waals surface area (Å²) in [6.07, 6.45) is 3.72. The fourth-order valence-electron chi connectivity index (χ4n) is 1.68. The van der Waals surface area contributed by atoms with Crippen LogP contribution in [0.2, 0.25) is 0 Å². The molecule has 2 rings (SSSR count). The maximum absolute atomic E-state index is 12.4. The maximum Gasteiger partial charge on any atom is 0.288 e. The Hall–Kier alpha value is -1.56. The third-order valence-electron chi connectivity index (χ3n) is 2.60. The zero-order valence-corrected chi connectivity index (χ0v) is 11.3. The molecule has 1 aromatic carbocycles. The molecule has 102 valence electrons. The molecule has 1 heterocycles. The number of aryl methyl sites for hydroxylation is 1. The van der Waals surface area contributed by atoms with Crippen molar-refractivity contribution >= 4 is 17.4 Å². The van der Waals surface area contributed by atoms with Crippen LogP contribution in [0.4, 0.5) is 14.5 Å². The lowest BCUT2D eigenvalue weighted by molar-refractivity contribution is 0.252. The van der Waals surface area contributed by atoms with Crippen LogP contribution in [0.3, 0.4) is 0 Å². The average Bonchev–Trinajstić information content (AvgIpc) is 2.85. The molecular weight excluding hydrogens is 268 g/mol. The molecule has 0 amide bonds. The Morgan fingerprint density at radius 2 is 2.16 bits per heavy atom. The van der Waals surface area contributed by atoms with Gasteiger partial charge in [0.25, 0.3) is 5.76 Å². The quantitative estimate of drug-likeness (QED) is 0.817. The van der Waals surface area contributed by atoms with Crippen molar-refractivity contribution < 1.29 is 8.78 Å². The largest absolute Gasteiger partial charge is 0.380 e. The van der Waals surface area contributed by atoms with Crippen LogP contribution in [0, 0.1) is 0 Å². The van der Waals surface area contributed by atoms with E-state index < -0.39 is 5.76 Å². The molecule has 1 N–H and O–H groups in total. The molecular formula is C13H15F2N3S. The van der Waals surface area contributed by atoms with E-state index in [2.05, 4.69) is 10.4 Å². The van der Waals surface area contributed by atoms with E-state index in [1.54, 1.807) is 24.4 Å². The summed E-state index contributed by atoms with van der Waals surface area (Å²) in [6.45, 7) is 3.40. The smallest absolute Gasteiger partial charge is 0.288 e. The molecule has 0 aliphatic heterocycles. The number of benzene rings is 1. The van der Waals surface area contributed by atoms with Crippen molar-refractivity contribution in [2.75, 3.05) is 5.32 Å². The maximum atomic E-state index is 12.4. The molecule has 2 aromatic rings. The van der Waals surface area contributed by atoms with Crippen molar-refractivity contribution in [2.45, 2.75) is 30.7 Å². The second kappa shape index (κ2) is 6.56.